The molecule has 0 unspecified atom stereocenters. The Morgan fingerprint density at radius 3 is 2.47 bits per heavy atom. The third-order valence-electron chi connectivity index (χ3n) is 5.10. The zero-order valence-electron chi connectivity index (χ0n) is 19.0. The van der Waals surface area contributed by atoms with Gasteiger partial charge in [0.25, 0.3) is 5.69 Å². The summed E-state index contributed by atoms with van der Waals surface area (Å²) in [4.78, 5) is 14.7. The number of aromatic nitrogens is 2. The van der Waals surface area contributed by atoms with Crippen molar-refractivity contribution in [2.75, 3.05) is 26.4 Å². The quantitative estimate of drug-likeness (QED) is 0.213. The molecule has 12 heteroatoms. The van der Waals surface area contributed by atoms with Gasteiger partial charge in [-0.3, -0.25) is 9.36 Å². The van der Waals surface area contributed by atoms with E-state index >= 15 is 0 Å². The average molecular weight is 487 g/mol. The molecule has 2 heterocycles. The van der Waals surface area contributed by atoms with E-state index in [2.05, 4.69) is 10.2 Å². The van der Waals surface area contributed by atoms with E-state index in [1.165, 1.54) is 16.7 Å². The summed E-state index contributed by atoms with van der Waals surface area (Å²) in [6.07, 6.45) is 3.95. The first kappa shape index (κ1) is 25.0. The number of nitrogens with two attached hydrogens (primary N) is 1. The van der Waals surface area contributed by atoms with Crippen molar-refractivity contribution in [3.63, 3.8) is 0 Å². The Labute approximate surface area is 197 Å². The van der Waals surface area contributed by atoms with E-state index in [4.69, 9.17) is 5.73 Å². The van der Waals surface area contributed by atoms with Gasteiger partial charge in [-0.2, -0.15) is 4.57 Å². The summed E-state index contributed by atoms with van der Waals surface area (Å²) in [5.41, 5.74) is 5.75. The second-order valence-corrected chi connectivity index (χ2v) is 9.27. The second kappa shape index (κ2) is 10.1. The van der Waals surface area contributed by atoms with E-state index in [9.17, 15) is 22.9 Å². The summed E-state index contributed by atoms with van der Waals surface area (Å²) in [5, 5.41) is 18.9. The molecule has 0 aliphatic rings. The van der Waals surface area contributed by atoms with Crippen LogP contribution in [0.2, 0.25) is 0 Å². The first-order chi connectivity index (χ1) is 16.0. The summed E-state index contributed by atoms with van der Waals surface area (Å²) in [5.74, 6) is -0.416. The third-order valence-corrected chi connectivity index (χ3v) is 5.98. The van der Waals surface area contributed by atoms with Gasteiger partial charge in [-0.25, -0.2) is 8.42 Å². The van der Waals surface area contributed by atoms with Gasteiger partial charge < -0.3 is 20.3 Å². The highest BCUT2D eigenvalue weighted by Gasteiger charge is 2.25. The lowest BCUT2D eigenvalue weighted by molar-refractivity contribution is -0.597. The van der Waals surface area contributed by atoms with Crippen LogP contribution in [-0.4, -0.2) is 48.2 Å². The van der Waals surface area contributed by atoms with Crippen molar-refractivity contribution in [3.8, 4) is 11.6 Å². The molecule has 1 aromatic carbocycles. The molecule has 0 saturated heterocycles. The minimum Gasteiger partial charge on any atom is -0.744 e. The van der Waals surface area contributed by atoms with Crippen LogP contribution in [0.25, 0.3) is 5.69 Å². The van der Waals surface area contributed by atoms with E-state index in [-0.39, 0.29) is 29.3 Å². The SMILES string of the molecule is Cc1c(N=Nc2cc(N)ccc2S(=O)(=O)[O-])c(O)n(CCCN(C)C)c(=O)c1-[n+]1ccccc1. The molecule has 34 heavy (non-hydrogen) atoms. The number of rotatable bonds is 8. The van der Waals surface area contributed by atoms with Gasteiger partial charge >= 0.3 is 5.56 Å². The van der Waals surface area contributed by atoms with Gasteiger partial charge in [-0.1, -0.05) is 6.07 Å². The van der Waals surface area contributed by atoms with E-state index in [1.54, 1.807) is 42.1 Å². The number of hydrogen-bond acceptors (Lipinski definition) is 9. The highest BCUT2D eigenvalue weighted by molar-refractivity contribution is 7.86. The summed E-state index contributed by atoms with van der Waals surface area (Å²) in [7, 11) is -1.05. The largest absolute Gasteiger partial charge is 0.744 e. The summed E-state index contributed by atoms with van der Waals surface area (Å²) < 4.78 is 37.7. The molecule has 11 nitrogen and oxygen atoms in total. The molecule has 0 atom stereocenters. The molecule has 0 saturated carbocycles. The molecular formula is C22H26N6O5S. The van der Waals surface area contributed by atoms with Crippen LogP contribution in [-0.2, 0) is 16.7 Å². The molecular weight excluding hydrogens is 460 g/mol. The van der Waals surface area contributed by atoms with Crippen molar-refractivity contribution < 1.29 is 22.6 Å². The maximum Gasteiger partial charge on any atom is 0.326 e. The number of benzene rings is 1. The Balaban J connectivity index is 2.21. The van der Waals surface area contributed by atoms with Gasteiger partial charge in [0.2, 0.25) is 5.88 Å². The lowest BCUT2D eigenvalue weighted by atomic mass is 10.2. The fraction of sp³-hybridized carbons (Fsp3) is 0.273. The molecule has 3 rings (SSSR count). The highest BCUT2D eigenvalue weighted by atomic mass is 32.2. The molecule has 3 N–H and O–H groups in total. The van der Waals surface area contributed by atoms with Crippen LogP contribution in [0, 0.1) is 6.92 Å². The maximum absolute atomic E-state index is 13.3. The lowest BCUT2D eigenvalue weighted by Crippen LogP contribution is -2.40. The predicted molar refractivity (Wildman–Crippen MR) is 125 cm³/mol. The van der Waals surface area contributed by atoms with E-state index < -0.39 is 26.5 Å². The van der Waals surface area contributed by atoms with Crippen LogP contribution in [0.15, 0.2) is 68.7 Å². The Kier molecular flexibility index (Phi) is 7.44. The molecule has 0 aliphatic carbocycles. The molecule has 0 bridgehead atoms. The van der Waals surface area contributed by atoms with Crippen LogP contribution in [0.1, 0.15) is 12.0 Å². The monoisotopic (exact) mass is 486 g/mol. The van der Waals surface area contributed by atoms with Crippen LogP contribution in [0.5, 0.6) is 5.88 Å². The smallest absolute Gasteiger partial charge is 0.326 e. The first-order valence-electron chi connectivity index (χ1n) is 10.4. The fourth-order valence-electron chi connectivity index (χ4n) is 3.44. The fourth-order valence-corrected chi connectivity index (χ4v) is 4.03. The van der Waals surface area contributed by atoms with Crippen LogP contribution >= 0.6 is 0 Å². The van der Waals surface area contributed by atoms with Gasteiger partial charge in [0, 0.05) is 24.4 Å². The minimum absolute atomic E-state index is 0.0347. The summed E-state index contributed by atoms with van der Waals surface area (Å²) >= 11 is 0. The Hall–Kier alpha value is -3.61. The van der Waals surface area contributed by atoms with Crippen molar-refractivity contribution in [3.05, 3.63) is 64.7 Å². The Morgan fingerprint density at radius 1 is 1.18 bits per heavy atom. The van der Waals surface area contributed by atoms with E-state index in [0.717, 1.165) is 6.07 Å². The molecule has 0 fully saturated rings. The van der Waals surface area contributed by atoms with Crippen molar-refractivity contribution in [2.45, 2.75) is 24.8 Å². The molecule has 0 amide bonds. The zero-order chi connectivity index (χ0) is 25.0. The number of anilines is 1. The number of hydrogen-bond donors (Lipinski definition) is 2. The number of nitrogen functional groups attached to an aromatic ring is 1. The predicted octanol–water partition coefficient (Wildman–Crippen LogP) is 1.99. The van der Waals surface area contributed by atoms with E-state index in [0.29, 0.717) is 18.5 Å². The average Bonchev–Trinajstić information content (AvgIpc) is 2.76. The van der Waals surface area contributed by atoms with Crippen molar-refractivity contribution in [2.24, 2.45) is 10.2 Å². The number of nitrogens with zero attached hydrogens (tertiary/aromatic N) is 5. The summed E-state index contributed by atoms with van der Waals surface area (Å²) in [6, 6.07) is 8.81. The maximum atomic E-state index is 13.3. The molecule has 0 radical (unpaired) electrons. The zero-order valence-corrected chi connectivity index (χ0v) is 19.9. The molecule has 2 aromatic heterocycles. The van der Waals surface area contributed by atoms with Crippen LogP contribution in [0.3, 0.4) is 0 Å². The number of pyridine rings is 2. The van der Waals surface area contributed by atoms with Crippen molar-refractivity contribution >= 4 is 27.2 Å². The van der Waals surface area contributed by atoms with Crippen molar-refractivity contribution in [1.29, 1.82) is 0 Å². The van der Waals surface area contributed by atoms with Gasteiger partial charge in [-0.05, 0) is 52.2 Å². The van der Waals surface area contributed by atoms with Gasteiger partial charge in [0.1, 0.15) is 15.8 Å². The topological polar surface area (TPSA) is 157 Å². The van der Waals surface area contributed by atoms with Gasteiger partial charge in [-0.15, -0.1) is 10.2 Å². The van der Waals surface area contributed by atoms with Crippen molar-refractivity contribution in [1.82, 2.24) is 9.47 Å². The number of aromatic hydroxyl groups is 1. The lowest BCUT2D eigenvalue weighted by Gasteiger charge is -2.15. The minimum atomic E-state index is -4.85. The molecule has 0 aliphatic heterocycles. The van der Waals surface area contributed by atoms with Gasteiger partial charge in [0.05, 0.1) is 10.5 Å². The number of azo groups is 1. The molecule has 180 valence electrons. The molecule has 3 aromatic rings. The van der Waals surface area contributed by atoms with E-state index in [1.807, 2.05) is 19.0 Å². The van der Waals surface area contributed by atoms with Crippen LogP contribution < -0.4 is 15.9 Å². The first-order valence-corrected chi connectivity index (χ1v) is 11.8. The summed E-state index contributed by atoms with van der Waals surface area (Å²) in [6.45, 7) is 2.49. The molecule has 0 spiro atoms. The normalized spacial score (nSPS) is 12.0. The third kappa shape index (κ3) is 5.47. The van der Waals surface area contributed by atoms with Crippen LogP contribution in [0.4, 0.5) is 17.1 Å². The highest BCUT2D eigenvalue weighted by Crippen LogP contribution is 2.34. The standard InChI is InChI=1S/C22H26N6O5S/c1-15-19(25-24-17-14-16(23)8-9-18(17)34(31,32)33)21(29)28(13-7-10-26(2)3)22(30)20(15)27-11-5-4-6-12-27/h4-6,8-9,11-12,14H,7,10,13,23H2,1-3H3,(H-,24,29,30,31,32,33). The van der Waals surface area contributed by atoms with Gasteiger partial charge in [0.15, 0.2) is 18.1 Å². The Morgan fingerprint density at radius 2 is 1.85 bits per heavy atom. The Bertz CT molecular complexity index is 1390. The second-order valence-electron chi connectivity index (χ2n) is 7.92.